The zero-order valence-corrected chi connectivity index (χ0v) is 12.6. The lowest BCUT2D eigenvalue weighted by molar-refractivity contribution is -0.125. The summed E-state index contributed by atoms with van der Waals surface area (Å²) in [4.78, 5) is 22.8. The number of anilines is 1. The molecule has 6 N–H and O–H groups in total. The topological polar surface area (TPSA) is 110 Å². The van der Waals surface area contributed by atoms with Gasteiger partial charge in [0.1, 0.15) is 0 Å². The van der Waals surface area contributed by atoms with E-state index < -0.39 is 6.03 Å². The number of benzene rings is 1. The zero-order valence-electron chi connectivity index (χ0n) is 12.6. The van der Waals surface area contributed by atoms with E-state index in [1.165, 1.54) is 0 Å². The number of primary amides is 1. The van der Waals surface area contributed by atoms with Crippen molar-refractivity contribution in [2.24, 2.45) is 17.4 Å². The van der Waals surface area contributed by atoms with E-state index in [4.69, 9.17) is 11.5 Å². The quantitative estimate of drug-likeness (QED) is 0.614. The second-order valence-corrected chi connectivity index (χ2v) is 5.17. The molecular formula is C15H24N4O2. The Morgan fingerprint density at radius 2 is 1.81 bits per heavy atom. The molecule has 0 bridgehead atoms. The molecule has 0 radical (unpaired) electrons. The van der Waals surface area contributed by atoms with E-state index in [1.54, 1.807) is 12.1 Å². The third kappa shape index (κ3) is 5.83. The molecule has 6 heteroatoms. The highest BCUT2D eigenvalue weighted by molar-refractivity contribution is 5.87. The van der Waals surface area contributed by atoms with E-state index in [9.17, 15) is 9.59 Å². The molecule has 2 atom stereocenters. The Morgan fingerprint density at radius 1 is 1.19 bits per heavy atom. The number of hydrogen-bond acceptors (Lipinski definition) is 3. The Kier molecular flexibility index (Phi) is 6.68. The van der Waals surface area contributed by atoms with Crippen molar-refractivity contribution < 1.29 is 9.59 Å². The first-order valence-electron chi connectivity index (χ1n) is 7.11. The summed E-state index contributed by atoms with van der Waals surface area (Å²) < 4.78 is 0. The number of rotatable bonds is 7. The fraction of sp³-hybridized carbons (Fsp3) is 0.467. The lowest BCUT2D eigenvalue weighted by atomic mass is 10.0. The summed E-state index contributed by atoms with van der Waals surface area (Å²) in [6.07, 6.45) is 1.63. The van der Waals surface area contributed by atoms with Crippen molar-refractivity contribution in [2.75, 3.05) is 11.9 Å². The van der Waals surface area contributed by atoms with Crippen LogP contribution in [-0.2, 0) is 4.79 Å². The molecule has 1 rings (SSSR count). The SMILES string of the molecule is CC(CCCN)C(=O)NC(C)c1ccc(NC(N)=O)cc1. The summed E-state index contributed by atoms with van der Waals surface area (Å²) >= 11 is 0. The van der Waals surface area contributed by atoms with Crippen molar-refractivity contribution in [2.45, 2.75) is 32.7 Å². The summed E-state index contributed by atoms with van der Waals surface area (Å²) in [6.45, 7) is 4.42. The molecule has 0 fully saturated rings. The smallest absolute Gasteiger partial charge is 0.316 e. The van der Waals surface area contributed by atoms with Crippen LogP contribution >= 0.6 is 0 Å². The average molecular weight is 292 g/mol. The molecule has 116 valence electrons. The van der Waals surface area contributed by atoms with E-state index in [-0.39, 0.29) is 17.9 Å². The van der Waals surface area contributed by atoms with Gasteiger partial charge in [-0.1, -0.05) is 19.1 Å². The highest BCUT2D eigenvalue weighted by Crippen LogP contribution is 2.17. The van der Waals surface area contributed by atoms with Gasteiger partial charge in [0.15, 0.2) is 0 Å². The predicted molar refractivity (Wildman–Crippen MR) is 83.7 cm³/mol. The van der Waals surface area contributed by atoms with Crippen LogP contribution in [0.15, 0.2) is 24.3 Å². The largest absolute Gasteiger partial charge is 0.351 e. The molecule has 1 aromatic carbocycles. The summed E-state index contributed by atoms with van der Waals surface area (Å²) in [7, 11) is 0. The van der Waals surface area contributed by atoms with Crippen LogP contribution in [0.3, 0.4) is 0 Å². The van der Waals surface area contributed by atoms with Gasteiger partial charge in [-0.2, -0.15) is 0 Å². The third-order valence-electron chi connectivity index (χ3n) is 3.33. The minimum atomic E-state index is -0.599. The van der Waals surface area contributed by atoms with Crippen molar-refractivity contribution in [3.63, 3.8) is 0 Å². The van der Waals surface area contributed by atoms with Crippen LogP contribution in [0.5, 0.6) is 0 Å². The van der Waals surface area contributed by atoms with E-state index in [0.717, 1.165) is 18.4 Å². The first-order chi connectivity index (χ1) is 9.93. The second kappa shape index (κ2) is 8.26. The predicted octanol–water partition coefficient (Wildman–Crippen LogP) is 1.73. The standard InChI is InChI=1S/C15H24N4O2/c1-10(4-3-9-16)14(20)18-11(2)12-5-7-13(8-6-12)19-15(17)21/h5-8,10-11H,3-4,9,16H2,1-2H3,(H,18,20)(H3,17,19,21). The maximum Gasteiger partial charge on any atom is 0.316 e. The normalized spacial score (nSPS) is 13.3. The maximum absolute atomic E-state index is 12.0. The van der Waals surface area contributed by atoms with Crippen LogP contribution in [0.1, 0.15) is 38.3 Å². The van der Waals surface area contributed by atoms with Gasteiger partial charge in [-0.05, 0) is 44.0 Å². The van der Waals surface area contributed by atoms with Crippen molar-refractivity contribution in [1.29, 1.82) is 0 Å². The molecule has 0 aliphatic carbocycles. The van der Waals surface area contributed by atoms with Gasteiger partial charge in [0.2, 0.25) is 5.91 Å². The molecule has 0 spiro atoms. The van der Waals surface area contributed by atoms with Gasteiger partial charge < -0.3 is 22.1 Å². The van der Waals surface area contributed by atoms with Crippen LogP contribution in [0.4, 0.5) is 10.5 Å². The fourth-order valence-corrected chi connectivity index (χ4v) is 1.99. The molecule has 0 saturated carbocycles. The van der Waals surface area contributed by atoms with Gasteiger partial charge in [-0.3, -0.25) is 4.79 Å². The monoisotopic (exact) mass is 292 g/mol. The Labute approximate surface area is 125 Å². The van der Waals surface area contributed by atoms with Crippen LogP contribution < -0.4 is 22.1 Å². The molecule has 1 aromatic rings. The number of urea groups is 1. The van der Waals surface area contributed by atoms with Gasteiger partial charge in [-0.15, -0.1) is 0 Å². The fourth-order valence-electron chi connectivity index (χ4n) is 1.99. The van der Waals surface area contributed by atoms with E-state index in [2.05, 4.69) is 10.6 Å². The Hall–Kier alpha value is -2.08. The molecule has 0 aliphatic heterocycles. The lowest BCUT2D eigenvalue weighted by Crippen LogP contribution is -2.31. The van der Waals surface area contributed by atoms with Crippen LogP contribution in [-0.4, -0.2) is 18.5 Å². The van der Waals surface area contributed by atoms with Gasteiger partial charge >= 0.3 is 6.03 Å². The lowest BCUT2D eigenvalue weighted by Gasteiger charge is -2.18. The number of amides is 3. The average Bonchev–Trinajstić information content (AvgIpc) is 2.44. The molecular weight excluding hydrogens is 268 g/mol. The van der Waals surface area contributed by atoms with Crippen molar-refractivity contribution in [3.8, 4) is 0 Å². The molecule has 2 unspecified atom stereocenters. The van der Waals surface area contributed by atoms with Gasteiger partial charge in [-0.25, -0.2) is 4.79 Å². The Bertz CT molecular complexity index is 473. The number of hydrogen-bond donors (Lipinski definition) is 4. The van der Waals surface area contributed by atoms with E-state index in [0.29, 0.717) is 12.2 Å². The maximum atomic E-state index is 12.0. The number of carbonyl (C=O) groups excluding carboxylic acids is 2. The molecule has 21 heavy (non-hydrogen) atoms. The summed E-state index contributed by atoms with van der Waals surface area (Å²) in [5, 5.41) is 5.47. The molecule has 3 amide bonds. The summed E-state index contributed by atoms with van der Waals surface area (Å²) in [6, 6.07) is 6.50. The molecule has 0 heterocycles. The van der Waals surface area contributed by atoms with Gasteiger partial charge in [0.25, 0.3) is 0 Å². The highest BCUT2D eigenvalue weighted by Gasteiger charge is 2.15. The Morgan fingerprint density at radius 3 is 2.33 bits per heavy atom. The van der Waals surface area contributed by atoms with Crippen molar-refractivity contribution in [3.05, 3.63) is 29.8 Å². The van der Waals surface area contributed by atoms with Crippen LogP contribution in [0, 0.1) is 5.92 Å². The Balaban J connectivity index is 2.56. The van der Waals surface area contributed by atoms with Gasteiger partial charge in [0.05, 0.1) is 6.04 Å². The highest BCUT2D eigenvalue weighted by atomic mass is 16.2. The first kappa shape index (κ1) is 17.0. The molecule has 6 nitrogen and oxygen atoms in total. The molecule has 0 aliphatic rings. The summed E-state index contributed by atoms with van der Waals surface area (Å²) in [5.41, 5.74) is 12.1. The summed E-state index contributed by atoms with van der Waals surface area (Å²) in [5.74, 6) is -0.0258. The molecule has 0 aromatic heterocycles. The van der Waals surface area contributed by atoms with Gasteiger partial charge in [0, 0.05) is 11.6 Å². The van der Waals surface area contributed by atoms with Crippen LogP contribution in [0.25, 0.3) is 0 Å². The minimum absolute atomic E-state index is 0.0234. The number of carbonyl (C=O) groups is 2. The van der Waals surface area contributed by atoms with E-state index in [1.807, 2.05) is 26.0 Å². The second-order valence-electron chi connectivity index (χ2n) is 5.17. The number of nitrogens with one attached hydrogen (secondary N) is 2. The molecule has 0 saturated heterocycles. The van der Waals surface area contributed by atoms with Crippen molar-refractivity contribution in [1.82, 2.24) is 5.32 Å². The minimum Gasteiger partial charge on any atom is -0.351 e. The zero-order chi connectivity index (χ0) is 15.8. The number of nitrogens with two attached hydrogens (primary N) is 2. The van der Waals surface area contributed by atoms with E-state index >= 15 is 0 Å². The first-order valence-corrected chi connectivity index (χ1v) is 7.11. The van der Waals surface area contributed by atoms with Crippen LogP contribution in [0.2, 0.25) is 0 Å². The van der Waals surface area contributed by atoms with Crippen molar-refractivity contribution >= 4 is 17.6 Å². The third-order valence-corrected chi connectivity index (χ3v) is 3.33.